The Kier molecular flexibility index (Phi) is 5.17. The lowest BCUT2D eigenvalue weighted by Crippen LogP contribution is -2.51. The molecule has 1 aliphatic heterocycles. The van der Waals surface area contributed by atoms with Gasteiger partial charge in [-0.3, -0.25) is 14.1 Å². The van der Waals surface area contributed by atoms with Gasteiger partial charge in [0.05, 0.1) is 16.6 Å². The van der Waals surface area contributed by atoms with Crippen molar-refractivity contribution in [1.29, 1.82) is 0 Å². The molecule has 1 aromatic carbocycles. The quantitative estimate of drug-likeness (QED) is 0.448. The summed E-state index contributed by atoms with van der Waals surface area (Å²) in [4.78, 5) is 26.4. The second kappa shape index (κ2) is 7.03. The Balaban J connectivity index is 2.14. The molecule has 0 bridgehead atoms. The van der Waals surface area contributed by atoms with Gasteiger partial charge in [0, 0.05) is 6.07 Å². The van der Waals surface area contributed by atoms with E-state index >= 15 is 0 Å². The summed E-state index contributed by atoms with van der Waals surface area (Å²) in [5, 5.41) is -0.135. The van der Waals surface area contributed by atoms with Crippen LogP contribution in [0.1, 0.15) is 32.6 Å². The second-order valence-corrected chi connectivity index (χ2v) is 8.89. The highest BCUT2D eigenvalue weighted by Crippen LogP contribution is 2.48. The standard InChI is InChI=1S/C18H17ClFNO6S/c1-3-10(2)27-15-9-14(13(20)8-12(15)19)21-16(22)11-6-4-5-7-18(11,17(21)23)28(24,25)26/h1,8-11H,4-7H2,2H3,(H,24,25,26). The fraction of sp³-hybridized carbons (Fsp3) is 0.444. The van der Waals surface area contributed by atoms with Crippen LogP contribution in [0, 0.1) is 24.1 Å². The molecule has 0 radical (unpaired) electrons. The summed E-state index contributed by atoms with van der Waals surface area (Å²) in [6.45, 7) is 1.54. The monoisotopic (exact) mass is 429 g/mol. The maximum Gasteiger partial charge on any atom is 0.280 e. The van der Waals surface area contributed by atoms with Crippen LogP contribution in [0.3, 0.4) is 0 Å². The Labute approximate surface area is 166 Å². The Hall–Kier alpha value is -2.15. The van der Waals surface area contributed by atoms with E-state index in [0.717, 1.165) is 12.1 Å². The number of amides is 2. The maximum atomic E-state index is 14.6. The van der Waals surface area contributed by atoms with Crippen molar-refractivity contribution in [2.24, 2.45) is 5.92 Å². The van der Waals surface area contributed by atoms with Crippen molar-refractivity contribution in [2.75, 3.05) is 4.90 Å². The van der Waals surface area contributed by atoms with Crippen LogP contribution in [-0.2, 0) is 19.7 Å². The SMILES string of the molecule is C#CC(C)Oc1cc(N2C(=O)C3CCCCC3(S(=O)(=O)O)C2=O)c(F)cc1Cl. The first-order valence-corrected chi connectivity index (χ1v) is 10.3. The number of rotatable bonds is 4. The normalized spacial score (nSPS) is 26.0. The lowest BCUT2D eigenvalue weighted by atomic mass is 9.80. The van der Waals surface area contributed by atoms with Crippen LogP contribution >= 0.6 is 11.6 Å². The number of anilines is 1. The topological polar surface area (TPSA) is 101 Å². The van der Waals surface area contributed by atoms with E-state index in [9.17, 15) is 27.0 Å². The van der Waals surface area contributed by atoms with Crippen LogP contribution in [0.15, 0.2) is 12.1 Å². The van der Waals surface area contributed by atoms with E-state index in [-0.39, 0.29) is 23.6 Å². The zero-order chi connectivity index (χ0) is 20.9. The van der Waals surface area contributed by atoms with Crippen LogP contribution in [-0.4, -0.2) is 35.6 Å². The van der Waals surface area contributed by atoms with Gasteiger partial charge in [0.15, 0.2) is 10.9 Å². The highest BCUT2D eigenvalue weighted by molar-refractivity contribution is 7.88. The largest absolute Gasteiger partial charge is 0.476 e. The number of ether oxygens (including phenoxy) is 1. The molecule has 2 fully saturated rings. The number of hydrogen-bond acceptors (Lipinski definition) is 5. The molecule has 3 atom stereocenters. The van der Waals surface area contributed by atoms with Crippen molar-refractivity contribution in [1.82, 2.24) is 0 Å². The number of fused-ring (bicyclic) bond motifs is 1. The Morgan fingerprint density at radius 3 is 2.68 bits per heavy atom. The first-order valence-electron chi connectivity index (χ1n) is 8.52. The minimum Gasteiger partial charge on any atom is -0.476 e. The molecule has 0 aromatic heterocycles. The van der Waals surface area contributed by atoms with Crippen LogP contribution in [0.25, 0.3) is 0 Å². The minimum absolute atomic E-state index is 0.0695. The molecule has 1 saturated heterocycles. The minimum atomic E-state index is -4.92. The lowest BCUT2D eigenvalue weighted by molar-refractivity contribution is -0.122. The smallest absolute Gasteiger partial charge is 0.280 e. The number of halogens is 2. The third-order valence-electron chi connectivity index (χ3n) is 5.18. The number of terminal acetylenes is 1. The third-order valence-corrected chi connectivity index (χ3v) is 7.06. The maximum absolute atomic E-state index is 14.6. The van der Waals surface area contributed by atoms with E-state index in [1.54, 1.807) is 0 Å². The summed E-state index contributed by atoms with van der Waals surface area (Å²) in [6.07, 6.45) is 5.23. The molecule has 7 nitrogen and oxygen atoms in total. The van der Waals surface area contributed by atoms with Gasteiger partial charge in [-0.2, -0.15) is 8.42 Å². The van der Waals surface area contributed by atoms with Gasteiger partial charge in [-0.1, -0.05) is 30.4 Å². The van der Waals surface area contributed by atoms with Gasteiger partial charge in [0.2, 0.25) is 5.91 Å². The summed E-state index contributed by atoms with van der Waals surface area (Å²) in [7, 11) is -4.92. The zero-order valence-electron chi connectivity index (χ0n) is 14.8. The van der Waals surface area contributed by atoms with Gasteiger partial charge < -0.3 is 4.74 Å². The van der Waals surface area contributed by atoms with E-state index in [0.29, 0.717) is 17.7 Å². The third kappa shape index (κ3) is 2.96. The Morgan fingerprint density at radius 2 is 2.11 bits per heavy atom. The predicted octanol–water partition coefficient (Wildman–Crippen LogP) is 2.57. The zero-order valence-corrected chi connectivity index (χ0v) is 16.4. The summed E-state index contributed by atoms with van der Waals surface area (Å²) in [5.74, 6) is -2.15. The van der Waals surface area contributed by atoms with E-state index < -0.39 is 50.2 Å². The average molecular weight is 430 g/mol. The molecule has 10 heteroatoms. The number of carbonyl (C=O) groups is 2. The van der Waals surface area contributed by atoms with Gasteiger partial charge in [-0.25, -0.2) is 9.29 Å². The number of benzene rings is 1. The highest BCUT2D eigenvalue weighted by atomic mass is 35.5. The van der Waals surface area contributed by atoms with Crippen LogP contribution in [0.2, 0.25) is 5.02 Å². The first kappa shape index (κ1) is 20.6. The van der Waals surface area contributed by atoms with Gasteiger partial charge in [0.1, 0.15) is 11.6 Å². The van der Waals surface area contributed by atoms with Gasteiger partial charge in [0.25, 0.3) is 16.0 Å². The summed E-state index contributed by atoms with van der Waals surface area (Å²) >= 11 is 5.95. The first-order chi connectivity index (χ1) is 13.0. The molecule has 3 rings (SSSR count). The number of hydrogen-bond donors (Lipinski definition) is 1. The summed E-state index contributed by atoms with van der Waals surface area (Å²) < 4.78 is 51.7. The Morgan fingerprint density at radius 1 is 1.43 bits per heavy atom. The van der Waals surface area contributed by atoms with Crippen molar-refractivity contribution in [3.63, 3.8) is 0 Å². The van der Waals surface area contributed by atoms with Crippen LogP contribution in [0.4, 0.5) is 10.1 Å². The Bertz CT molecular complexity index is 1000. The van der Waals surface area contributed by atoms with Gasteiger partial charge in [-0.05, 0) is 25.8 Å². The van der Waals surface area contributed by atoms with Gasteiger partial charge >= 0.3 is 0 Å². The van der Waals surface area contributed by atoms with Crippen molar-refractivity contribution in [3.8, 4) is 18.1 Å². The number of nitrogens with zero attached hydrogens (tertiary/aromatic N) is 1. The molecule has 1 aromatic rings. The molecule has 1 heterocycles. The molecular weight excluding hydrogens is 413 g/mol. The molecular formula is C18H17ClFNO6S. The van der Waals surface area contributed by atoms with Gasteiger partial charge in [-0.15, -0.1) is 6.42 Å². The number of imide groups is 1. The fourth-order valence-electron chi connectivity index (χ4n) is 3.82. The molecule has 3 unspecified atom stereocenters. The molecule has 150 valence electrons. The van der Waals surface area contributed by atoms with Crippen LogP contribution in [0.5, 0.6) is 5.75 Å². The van der Waals surface area contributed by atoms with Crippen molar-refractivity contribution < 1.29 is 31.7 Å². The average Bonchev–Trinajstić information content (AvgIpc) is 2.86. The molecule has 2 amide bonds. The van der Waals surface area contributed by atoms with Crippen molar-refractivity contribution in [3.05, 3.63) is 23.0 Å². The van der Waals surface area contributed by atoms with E-state index in [1.165, 1.54) is 6.92 Å². The number of carbonyl (C=O) groups excluding carboxylic acids is 2. The van der Waals surface area contributed by atoms with E-state index in [4.69, 9.17) is 22.8 Å². The highest BCUT2D eigenvalue weighted by Gasteiger charge is 2.67. The molecule has 1 N–H and O–H groups in total. The second-order valence-electron chi connectivity index (χ2n) is 6.80. The lowest BCUT2D eigenvalue weighted by Gasteiger charge is -2.31. The van der Waals surface area contributed by atoms with E-state index in [1.807, 2.05) is 0 Å². The van der Waals surface area contributed by atoms with E-state index in [2.05, 4.69) is 5.92 Å². The summed E-state index contributed by atoms with van der Waals surface area (Å²) in [6, 6.07) is 1.87. The molecule has 0 spiro atoms. The fourth-order valence-corrected chi connectivity index (χ4v) is 5.31. The molecule has 28 heavy (non-hydrogen) atoms. The predicted molar refractivity (Wildman–Crippen MR) is 99.1 cm³/mol. The summed E-state index contributed by atoms with van der Waals surface area (Å²) in [5.41, 5.74) is -0.504. The molecule has 1 aliphatic carbocycles. The van der Waals surface area contributed by atoms with Crippen LogP contribution < -0.4 is 9.64 Å². The van der Waals surface area contributed by atoms with Crippen molar-refractivity contribution in [2.45, 2.75) is 43.5 Å². The molecule has 2 aliphatic rings. The van der Waals surface area contributed by atoms with Crippen molar-refractivity contribution >= 4 is 39.2 Å². The molecule has 1 saturated carbocycles.